The van der Waals surface area contributed by atoms with Crippen LogP contribution in [0.4, 0.5) is 9.52 Å². The smallest absolute Gasteiger partial charge is 0.257 e. The molecule has 0 atom stereocenters. The molecule has 3 aromatic rings. The molecule has 8 nitrogen and oxygen atoms in total. The lowest BCUT2D eigenvalue weighted by Gasteiger charge is -2.37. The highest BCUT2D eigenvalue weighted by atomic mass is 32.1. The Morgan fingerprint density at radius 1 is 1.27 bits per heavy atom. The van der Waals surface area contributed by atoms with Crippen LogP contribution in [-0.2, 0) is 16.8 Å². The first-order valence-electron chi connectivity index (χ1n) is 9.86. The van der Waals surface area contributed by atoms with Gasteiger partial charge in [0, 0.05) is 37.5 Å². The maximum atomic E-state index is 14.4. The molecule has 1 N–H and O–H groups in total. The summed E-state index contributed by atoms with van der Waals surface area (Å²) in [4.78, 5) is 26.1. The normalized spacial score (nSPS) is 16.1. The topological polar surface area (TPSA) is 93.0 Å². The molecule has 4 rings (SSSR count). The molecule has 1 aromatic carbocycles. The Kier molecular flexibility index (Phi) is 5.27. The lowest BCUT2D eigenvalue weighted by molar-refractivity contribution is -0.130. The van der Waals surface area contributed by atoms with Gasteiger partial charge in [-0.05, 0) is 31.9 Å². The highest BCUT2D eigenvalue weighted by molar-refractivity contribution is 7.15. The van der Waals surface area contributed by atoms with Gasteiger partial charge in [-0.1, -0.05) is 18.3 Å². The summed E-state index contributed by atoms with van der Waals surface area (Å²) in [6, 6.07) is 2.84. The van der Waals surface area contributed by atoms with Crippen LogP contribution in [0.3, 0.4) is 0 Å². The minimum atomic E-state index is -0.486. The molecule has 3 heterocycles. The zero-order valence-corrected chi connectivity index (χ0v) is 17.9. The molecule has 158 valence electrons. The predicted octanol–water partition coefficient (Wildman–Crippen LogP) is 3.20. The maximum absolute atomic E-state index is 14.4. The highest BCUT2D eigenvalue weighted by Gasteiger charge is 2.35. The van der Waals surface area contributed by atoms with Crippen molar-refractivity contribution in [2.45, 2.75) is 45.6 Å². The second-order valence-electron chi connectivity index (χ2n) is 7.78. The van der Waals surface area contributed by atoms with Crippen molar-refractivity contribution in [3.05, 3.63) is 34.7 Å². The van der Waals surface area contributed by atoms with E-state index < -0.39 is 11.7 Å². The Morgan fingerprint density at radius 2 is 2.00 bits per heavy atom. The number of fused-ring (bicyclic) bond motifs is 1. The van der Waals surface area contributed by atoms with Crippen LogP contribution in [0.15, 0.2) is 18.3 Å². The number of likely N-dealkylation sites (tertiary alicyclic amines) is 1. The van der Waals surface area contributed by atoms with Crippen LogP contribution in [0.1, 0.15) is 49.0 Å². The fourth-order valence-corrected chi connectivity index (χ4v) is 4.67. The third-order valence-corrected chi connectivity index (χ3v) is 6.89. The van der Waals surface area contributed by atoms with E-state index in [1.807, 2.05) is 11.8 Å². The second kappa shape index (κ2) is 7.75. The Hall–Kier alpha value is -2.88. The summed E-state index contributed by atoms with van der Waals surface area (Å²) >= 11 is 1.32. The first-order chi connectivity index (χ1) is 14.3. The van der Waals surface area contributed by atoms with Gasteiger partial charge in [-0.25, -0.2) is 4.39 Å². The number of amides is 2. The van der Waals surface area contributed by atoms with Gasteiger partial charge in [-0.15, -0.1) is 10.2 Å². The van der Waals surface area contributed by atoms with Gasteiger partial charge in [0.25, 0.3) is 5.91 Å². The molecule has 2 aromatic heterocycles. The van der Waals surface area contributed by atoms with Crippen LogP contribution in [-0.4, -0.2) is 49.8 Å². The third kappa shape index (κ3) is 3.67. The molecule has 10 heteroatoms. The Balaban J connectivity index is 1.51. The summed E-state index contributed by atoms with van der Waals surface area (Å²) in [5.41, 5.74) is 0.587. The van der Waals surface area contributed by atoms with Crippen LogP contribution >= 0.6 is 11.3 Å². The van der Waals surface area contributed by atoms with Crippen molar-refractivity contribution in [1.82, 2.24) is 24.9 Å². The number of nitrogens with one attached hydrogen (secondary N) is 1. The van der Waals surface area contributed by atoms with Crippen molar-refractivity contribution < 1.29 is 14.0 Å². The molecule has 0 bridgehead atoms. The molecule has 1 aliphatic rings. The highest BCUT2D eigenvalue weighted by Crippen LogP contribution is 2.37. The van der Waals surface area contributed by atoms with Crippen molar-refractivity contribution >= 4 is 39.2 Å². The second-order valence-corrected chi connectivity index (χ2v) is 8.76. The quantitative estimate of drug-likeness (QED) is 0.686. The van der Waals surface area contributed by atoms with Gasteiger partial charge in [0.1, 0.15) is 10.8 Å². The van der Waals surface area contributed by atoms with Gasteiger partial charge >= 0.3 is 0 Å². The van der Waals surface area contributed by atoms with E-state index >= 15 is 0 Å². The molecule has 0 aliphatic carbocycles. The summed E-state index contributed by atoms with van der Waals surface area (Å²) in [6.07, 6.45) is 3.04. The van der Waals surface area contributed by atoms with Crippen molar-refractivity contribution in [3.63, 3.8) is 0 Å². The third-order valence-electron chi connectivity index (χ3n) is 5.75. The predicted molar refractivity (Wildman–Crippen MR) is 112 cm³/mol. The summed E-state index contributed by atoms with van der Waals surface area (Å²) in [5, 5.41) is 16.8. The zero-order valence-electron chi connectivity index (χ0n) is 17.1. The average Bonchev–Trinajstić information content (AvgIpc) is 3.35. The number of carbonyl (C=O) groups excluding carboxylic acids is 2. The van der Waals surface area contributed by atoms with Crippen molar-refractivity contribution in [2.75, 3.05) is 18.4 Å². The minimum Gasteiger partial charge on any atom is -0.343 e. The molecule has 1 fully saturated rings. The average molecular weight is 431 g/mol. The summed E-state index contributed by atoms with van der Waals surface area (Å²) in [7, 11) is 0. The van der Waals surface area contributed by atoms with Gasteiger partial charge in [0.2, 0.25) is 11.0 Å². The largest absolute Gasteiger partial charge is 0.343 e. The maximum Gasteiger partial charge on any atom is 0.257 e. The van der Waals surface area contributed by atoms with E-state index in [0.29, 0.717) is 35.7 Å². The van der Waals surface area contributed by atoms with Crippen molar-refractivity contribution in [1.29, 1.82) is 0 Å². The molecular formula is C20H23FN6O2S. The number of hydrogen-bond donors (Lipinski definition) is 1. The number of piperidine rings is 1. The number of carbonyl (C=O) groups is 2. The number of benzene rings is 1. The molecule has 0 unspecified atom stereocenters. The number of aryl methyl sites for hydroxylation is 1. The monoisotopic (exact) mass is 430 g/mol. The number of anilines is 1. The summed E-state index contributed by atoms with van der Waals surface area (Å²) in [6.45, 7) is 7.52. The number of hydrogen-bond acceptors (Lipinski definition) is 6. The fraction of sp³-hybridized carbons (Fsp3) is 0.450. The van der Waals surface area contributed by atoms with E-state index in [9.17, 15) is 14.0 Å². The molecule has 1 saturated heterocycles. The van der Waals surface area contributed by atoms with Gasteiger partial charge in [-0.3, -0.25) is 19.6 Å². The summed E-state index contributed by atoms with van der Waals surface area (Å²) in [5.74, 6) is -0.852. The first kappa shape index (κ1) is 20.4. The van der Waals surface area contributed by atoms with E-state index in [1.54, 1.807) is 17.7 Å². The van der Waals surface area contributed by atoms with Gasteiger partial charge in [0.05, 0.1) is 17.1 Å². The molecule has 30 heavy (non-hydrogen) atoms. The van der Waals surface area contributed by atoms with Crippen LogP contribution < -0.4 is 5.32 Å². The van der Waals surface area contributed by atoms with Crippen molar-refractivity contribution in [2.24, 2.45) is 0 Å². The van der Waals surface area contributed by atoms with Gasteiger partial charge < -0.3 is 4.90 Å². The molecule has 0 saturated carbocycles. The zero-order chi connectivity index (χ0) is 21.5. The van der Waals surface area contributed by atoms with Crippen LogP contribution in [0.2, 0.25) is 0 Å². The first-order valence-corrected chi connectivity index (χ1v) is 10.7. The SMILES string of the molecule is CCn1ncc2c(F)cc(C(=O)Nc3nnc(C4(C)CCN(C(C)=O)CC4)s3)cc21. The summed E-state index contributed by atoms with van der Waals surface area (Å²) < 4.78 is 16.0. The van der Waals surface area contributed by atoms with E-state index in [2.05, 4.69) is 27.5 Å². The standard InChI is InChI=1S/C20H23FN6O2S/c1-4-27-16-10-13(9-15(21)14(16)11-22-27)17(29)23-19-25-24-18(30-19)20(3)5-7-26(8-6-20)12(2)28/h9-11H,4-8H2,1-3H3,(H,23,25,29). The molecule has 0 radical (unpaired) electrons. The lowest BCUT2D eigenvalue weighted by atomic mass is 9.81. The number of halogens is 1. The van der Waals surface area contributed by atoms with E-state index in [1.165, 1.54) is 23.6 Å². The number of nitrogens with zero attached hydrogens (tertiary/aromatic N) is 5. The number of rotatable bonds is 4. The van der Waals surface area contributed by atoms with Crippen LogP contribution in [0.25, 0.3) is 10.9 Å². The molecule has 1 aliphatic heterocycles. The van der Waals surface area contributed by atoms with E-state index in [-0.39, 0.29) is 16.9 Å². The van der Waals surface area contributed by atoms with E-state index in [4.69, 9.17) is 0 Å². The van der Waals surface area contributed by atoms with Crippen LogP contribution in [0.5, 0.6) is 0 Å². The number of aromatic nitrogens is 4. The fourth-order valence-electron chi connectivity index (χ4n) is 3.73. The van der Waals surface area contributed by atoms with Gasteiger partial charge in [-0.2, -0.15) is 5.10 Å². The van der Waals surface area contributed by atoms with Crippen LogP contribution in [0, 0.1) is 5.82 Å². The van der Waals surface area contributed by atoms with Gasteiger partial charge in [0.15, 0.2) is 0 Å². The van der Waals surface area contributed by atoms with E-state index in [0.717, 1.165) is 17.8 Å². The molecular weight excluding hydrogens is 407 g/mol. The molecule has 2 amide bonds. The lowest BCUT2D eigenvalue weighted by Crippen LogP contribution is -2.43. The Bertz CT molecular complexity index is 1120. The minimum absolute atomic E-state index is 0.0795. The van der Waals surface area contributed by atoms with Crippen molar-refractivity contribution in [3.8, 4) is 0 Å². The Morgan fingerprint density at radius 3 is 2.67 bits per heavy atom. The Labute approximate surface area is 177 Å². The molecule has 0 spiro atoms.